The third kappa shape index (κ3) is 4.12. The molecule has 0 bridgehead atoms. The van der Waals surface area contributed by atoms with Gasteiger partial charge in [0.05, 0.1) is 19.2 Å². The van der Waals surface area contributed by atoms with Crippen LogP contribution in [0.5, 0.6) is 5.75 Å². The zero-order chi connectivity index (χ0) is 22.8. The molecule has 0 spiro atoms. The van der Waals surface area contributed by atoms with Crippen LogP contribution in [0, 0.1) is 19.7 Å². The van der Waals surface area contributed by atoms with E-state index in [-0.39, 0.29) is 17.8 Å². The van der Waals surface area contributed by atoms with Crippen molar-refractivity contribution in [2.24, 2.45) is 0 Å². The average Bonchev–Trinajstić information content (AvgIpc) is 3.01. The topological polar surface area (TPSA) is 58.6 Å². The first-order valence-corrected chi connectivity index (χ1v) is 10.2. The monoisotopic (exact) mass is 430 g/mol. The van der Waals surface area contributed by atoms with Gasteiger partial charge in [0, 0.05) is 5.69 Å². The standard InChI is InChI=1S/C26H23FN2O3/c1-16-4-13-22(17(2)14-16)28-24-23(19-7-9-20(27)10-8-19)25(30)29(26(24)31)15-18-5-11-21(32-3)12-6-18/h4-14,28H,15H2,1-3H3. The molecule has 1 N–H and O–H groups in total. The van der Waals surface area contributed by atoms with Crippen molar-refractivity contribution in [3.63, 3.8) is 0 Å². The minimum Gasteiger partial charge on any atom is -0.497 e. The van der Waals surface area contributed by atoms with Gasteiger partial charge in [-0.15, -0.1) is 0 Å². The van der Waals surface area contributed by atoms with Gasteiger partial charge in [0.15, 0.2) is 0 Å². The summed E-state index contributed by atoms with van der Waals surface area (Å²) in [7, 11) is 1.58. The second-order valence-electron chi connectivity index (χ2n) is 7.74. The fourth-order valence-corrected chi connectivity index (χ4v) is 3.72. The van der Waals surface area contributed by atoms with E-state index in [1.54, 1.807) is 19.2 Å². The van der Waals surface area contributed by atoms with Crippen LogP contribution in [0.25, 0.3) is 5.57 Å². The van der Waals surface area contributed by atoms with Crippen LogP contribution in [0.2, 0.25) is 0 Å². The summed E-state index contributed by atoms with van der Waals surface area (Å²) in [4.78, 5) is 27.9. The Bertz CT molecular complexity index is 1210. The first kappa shape index (κ1) is 21.3. The zero-order valence-corrected chi connectivity index (χ0v) is 18.1. The maximum atomic E-state index is 13.5. The fraction of sp³-hybridized carbons (Fsp3) is 0.154. The SMILES string of the molecule is COc1ccc(CN2C(=O)C(Nc3ccc(C)cc3C)=C(c3ccc(F)cc3)C2=O)cc1. The number of rotatable bonds is 6. The summed E-state index contributed by atoms with van der Waals surface area (Å²) in [6.45, 7) is 4.04. The van der Waals surface area contributed by atoms with Gasteiger partial charge in [-0.25, -0.2) is 4.39 Å². The quantitative estimate of drug-likeness (QED) is 0.569. The van der Waals surface area contributed by atoms with Crippen molar-refractivity contribution in [2.75, 3.05) is 12.4 Å². The van der Waals surface area contributed by atoms with Crippen molar-refractivity contribution in [3.05, 3.63) is 100 Å². The molecule has 32 heavy (non-hydrogen) atoms. The van der Waals surface area contributed by atoms with E-state index in [1.807, 2.05) is 44.2 Å². The molecular weight excluding hydrogens is 407 g/mol. The summed E-state index contributed by atoms with van der Waals surface area (Å²) in [5.74, 6) is -0.574. The zero-order valence-electron chi connectivity index (χ0n) is 18.1. The summed E-state index contributed by atoms with van der Waals surface area (Å²) in [6, 6.07) is 18.6. The van der Waals surface area contributed by atoms with Crippen LogP contribution in [0.15, 0.2) is 72.4 Å². The van der Waals surface area contributed by atoms with Crippen molar-refractivity contribution in [1.29, 1.82) is 0 Å². The Kier molecular flexibility index (Phi) is 5.77. The lowest BCUT2D eigenvalue weighted by atomic mass is 10.0. The van der Waals surface area contributed by atoms with Crippen LogP contribution in [-0.4, -0.2) is 23.8 Å². The number of ether oxygens (including phenoxy) is 1. The normalized spacial score (nSPS) is 13.7. The van der Waals surface area contributed by atoms with Crippen LogP contribution >= 0.6 is 0 Å². The van der Waals surface area contributed by atoms with Gasteiger partial charge in [-0.1, -0.05) is 42.0 Å². The van der Waals surface area contributed by atoms with Crippen LogP contribution < -0.4 is 10.1 Å². The second-order valence-corrected chi connectivity index (χ2v) is 7.74. The van der Waals surface area contributed by atoms with E-state index in [0.717, 1.165) is 22.4 Å². The molecule has 3 aromatic rings. The Labute approximate surface area is 186 Å². The minimum atomic E-state index is -0.426. The smallest absolute Gasteiger partial charge is 0.278 e. The maximum Gasteiger partial charge on any atom is 0.278 e. The molecule has 162 valence electrons. The number of halogens is 1. The average molecular weight is 430 g/mol. The van der Waals surface area contributed by atoms with Crippen LogP contribution in [0.4, 0.5) is 10.1 Å². The molecule has 0 aliphatic carbocycles. The Morgan fingerprint density at radius 2 is 1.59 bits per heavy atom. The Morgan fingerprint density at radius 1 is 0.906 bits per heavy atom. The minimum absolute atomic E-state index is 0.115. The first-order valence-electron chi connectivity index (χ1n) is 10.2. The number of imide groups is 1. The van der Waals surface area contributed by atoms with E-state index in [0.29, 0.717) is 11.3 Å². The number of carbonyl (C=O) groups excluding carboxylic acids is 2. The molecule has 5 nitrogen and oxygen atoms in total. The highest BCUT2D eigenvalue weighted by Crippen LogP contribution is 2.32. The number of methoxy groups -OCH3 is 1. The van der Waals surface area contributed by atoms with E-state index >= 15 is 0 Å². The third-order valence-electron chi connectivity index (χ3n) is 5.44. The first-order chi connectivity index (χ1) is 15.4. The lowest BCUT2D eigenvalue weighted by Crippen LogP contribution is -2.32. The summed E-state index contributed by atoms with van der Waals surface area (Å²) in [5.41, 5.74) is 4.46. The number of nitrogens with one attached hydrogen (secondary N) is 1. The number of anilines is 1. The molecule has 4 rings (SSSR count). The van der Waals surface area contributed by atoms with Crippen molar-refractivity contribution in [3.8, 4) is 5.75 Å². The number of carbonyl (C=O) groups is 2. The molecule has 0 fully saturated rings. The van der Waals surface area contributed by atoms with Crippen molar-refractivity contribution < 1.29 is 18.7 Å². The molecule has 6 heteroatoms. The predicted octanol–water partition coefficient (Wildman–Crippen LogP) is 4.84. The van der Waals surface area contributed by atoms with Gasteiger partial charge in [-0.2, -0.15) is 0 Å². The van der Waals surface area contributed by atoms with E-state index < -0.39 is 17.6 Å². The van der Waals surface area contributed by atoms with Crippen molar-refractivity contribution >= 4 is 23.1 Å². The predicted molar refractivity (Wildman–Crippen MR) is 121 cm³/mol. The molecule has 0 aromatic heterocycles. The number of hydrogen-bond acceptors (Lipinski definition) is 4. The molecule has 1 aliphatic rings. The van der Waals surface area contributed by atoms with Gasteiger partial charge in [0.25, 0.3) is 11.8 Å². The number of amides is 2. The highest BCUT2D eigenvalue weighted by Gasteiger charge is 2.39. The van der Waals surface area contributed by atoms with E-state index in [9.17, 15) is 14.0 Å². The summed E-state index contributed by atoms with van der Waals surface area (Å²) in [5, 5.41) is 3.17. The molecular formula is C26H23FN2O3. The molecule has 0 saturated heterocycles. The molecule has 0 saturated carbocycles. The van der Waals surface area contributed by atoms with Crippen LogP contribution in [0.3, 0.4) is 0 Å². The Balaban J connectivity index is 1.72. The Morgan fingerprint density at radius 3 is 2.22 bits per heavy atom. The van der Waals surface area contributed by atoms with Crippen molar-refractivity contribution in [2.45, 2.75) is 20.4 Å². The molecule has 3 aromatic carbocycles. The molecule has 0 atom stereocenters. The highest BCUT2D eigenvalue weighted by molar-refractivity contribution is 6.36. The number of hydrogen-bond donors (Lipinski definition) is 1. The molecule has 0 unspecified atom stereocenters. The molecule has 0 radical (unpaired) electrons. The summed E-state index contributed by atoms with van der Waals surface area (Å²) < 4.78 is 18.7. The molecule has 1 aliphatic heterocycles. The van der Waals surface area contributed by atoms with Gasteiger partial charge >= 0.3 is 0 Å². The molecule has 1 heterocycles. The van der Waals surface area contributed by atoms with Crippen molar-refractivity contribution in [1.82, 2.24) is 4.90 Å². The van der Waals surface area contributed by atoms with Crippen LogP contribution in [0.1, 0.15) is 22.3 Å². The lowest BCUT2D eigenvalue weighted by Gasteiger charge is -2.16. The van der Waals surface area contributed by atoms with Gasteiger partial charge in [0.2, 0.25) is 0 Å². The second kappa shape index (κ2) is 8.67. The maximum absolute atomic E-state index is 13.5. The Hall–Kier alpha value is -3.93. The van der Waals surface area contributed by atoms with E-state index in [4.69, 9.17) is 4.74 Å². The summed E-state index contributed by atoms with van der Waals surface area (Å²) in [6.07, 6.45) is 0. The van der Waals surface area contributed by atoms with Gasteiger partial charge < -0.3 is 10.1 Å². The van der Waals surface area contributed by atoms with Gasteiger partial charge in [-0.05, 0) is 60.9 Å². The lowest BCUT2D eigenvalue weighted by molar-refractivity contribution is -0.137. The van der Waals surface area contributed by atoms with Crippen LogP contribution in [-0.2, 0) is 16.1 Å². The highest BCUT2D eigenvalue weighted by atomic mass is 19.1. The number of aryl methyl sites for hydroxylation is 2. The van der Waals surface area contributed by atoms with Gasteiger partial charge in [-0.3, -0.25) is 14.5 Å². The largest absolute Gasteiger partial charge is 0.497 e. The van der Waals surface area contributed by atoms with E-state index in [1.165, 1.54) is 29.2 Å². The number of benzene rings is 3. The number of nitrogens with zero attached hydrogens (tertiary/aromatic N) is 1. The summed E-state index contributed by atoms with van der Waals surface area (Å²) >= 11 is 0. The van der Waals surface area contributed by atoms with Gasteiger partial charge in [0.1, 0.15) is 17.3 Å². The molecule has 2 amide bonds. The fourth-order valence-electron chi connectivity index (χ4n) is 3.72. The van der Waals surface area contributed by atoms with E-state index in [2.05, 4.69) is 5.32 Å². The third-order valence-corrected chi connectivity index (χ3v) is 5.44.